The molecular formula is C7H12N2O2. The van der Waals surface area contributed by atoms with Crippen LogP contribution in [0.1, 0.15) is 6.92 Å². The molecule has 0 saturated carbocycles. The van der Waals surface area contributed by atoms with Gasteiger partial charge in [0.15, 0.2) is 0 Å². The van der Waals surface area contributed by atoms with Crippen molar-refractivity contribution in [2.24, 2.45) is 0 Å². The Labute approximate surface area is 65.7 Å². The van der Waals surface area contributed by atoms with Gasteiger partial charge in [0.1, 0.15) is 6.54 Å². The Hall–Kier alpha value is -1.19. The van der Waals surface area contributed by atoms with E-state index in [1.807, 2.05) is 18.0 Å². The smallest absolute Gasteiger partial charge is 0.323 e. The second-order valence-electron chi connectivity index (χ2n) is 2.49. The highest BCUT2D eigenvalue weighted by atomic mass is 16.4. The Bertz CT molecular complexity index is 179. The van der Waals surface area contributed by atoms with Gasteiger partial charge < -0.3 is 14.9 Å². The molecule has 62 valence electrons. The van der Waals surface area contributed by atoms with Crippen molar-refractivity contribution < 1.29 is 9.90 Å². The maximum absolute atomic E-state index is 10.3. The van der Waals surface area contributed by atoms with Crippen LogP contribution in [0.4, 0.5) is 0 Å². The molecule has 1 aliphatic rings. The predicted octanol–water partition coefficient (Wildman–Crippen LogP) is 0.137. The van der Waals surface area contributed by atoms with Crippen molar-refractivity contribution in [3.8, 4) is 0 Å². The Kier molecular flexibility index (Phi) is 2.36. The lowest BCUT2D eigenvalue weighted by Crippen LogP contribution is -2.29. The molecule has 0 aromatic carbocycles. The van der Waals surface area contributed by atoms with Gasteiger partial charge in [0.2, 0.25) is 0 Å². The fourth-order valence-electron chi connectivity index (χ4n) is 0.998. The molecular weight excluding hydrogens is 144 g/mol. The van der Waals surface area contributed by atoms with Crippen LogP contribution in [0.5, 0.6) is 0 Å². The van der Waals surface area contributed by atoms with E-state index in [4.69, 9.17) is 5.11 Å². The summed E-state index contributed by atoms with van der Waals surface area (Å²) in [6, 6.07) is 0. The first-order valence-corrected chi connectivity index (χ1v) is 3.60. The zero-order chi connectivity index (χ0) is 8.27. The van der Waals surface area contributed by atoms with Gasteiger partial charge in [-0.25, -0.2) is 0 Å². The Balaban J connectivity index is 2.32. The van der Waals surface area contributed by atoms with Crippen molar-refractivity contribution in [1.29, 1.82) is 0 Å². The first-order valence-electron chi connectivity index (χ1n) is 3.60. The first kappa shape index (κ1) is 7.91. The van der Waals surface area contributed by atoms with E-state index in [0.717, 1.165) is 6.54 Å². The number of nitrogens with zero attached hydrogens (tertiary/aromatic N) is 2. The summed E-state index contributed by atoms with van der Waals surface area (Å²) in [4.78, 5) is 14.1. The molecule has 1 N–H and O–H groups in total. The lowest BCUT2D eigenvalue weighted by atomic mass is 10.6. The van der Waals surface area contributed by atoms with Crippen molar-refractivity contribution in [3.05, 3.63) is 12.4 Å². The van der Waals surface area contributed by atoms with Gasteiger partial charge in [-0.15, -0.1) is 0 Å². The van der Waals surface area contributed by atoms with Crippen LogP contribution in [-0.2, 0) is 4.79 Å². The van der Waals surface area contributed by atoms with Crippen LogP contribution in [0.15, 0.2) is 12.4 Å². The summed E-state index contributed by atoms with van der Waals surface area (Å²) in [6.07, 6.45) is 3.71. The van der Waals surface area contributed by atoms with Crippen LogP contribution in [-0.4, -0.2) is 40.6 Å². The molecule has 0 spiro atoms. The molecule has 1 rings (SSSR count). The molecule has 0 unspecified atom stereocenters. The van der Waals surface area contributed by atoms with Gasteiger partial charge in [0.25, 0.3) is 0 Å². The summed E-state index contributed by atoms with van der Waals surface area (Å²) >= 11 is 0. The molecule has 4 heteroatoms. The summed E-state index contributed by atoms with van der Waals surface area (Å²) in [6.45, 7) is 3.75. The third-order valence-corrected chi connectivity index (χ3v) is 1.60. The van der Waals surface area contributed by atoms with E-state index in [-0.39, 0.29) is 6.54 Å². The SMILES string of the molecule is CCN1C=CN(CC(=O)O)C1. The minimum atomic E-state index is -0.785. The van der Waals surface area contributed by atoms with Gasteiger partial charge in [-0.1, -0.05) is 0 Å². The molecule has 0 radical (unpaired) electrons. The largest absolute Gasteiger partial charge is 0.480 e. The topological polar surface area (TPSA) is 43.8 Å². The van der Waals surface area contributed by atoms with Crippen molar-refractivity contribution in [1.82, 2.24) is 9.80 Å². The van der Waals surface area contributed by atoms with Crippen LogP contribution < -0.4 is 0 Å². The fraction of sp³-hybridized carbons (Fsp3) is 0.571. The maximum atomic E-state index is 10.3. The molecule has 1 aliphatic heterocycles. The lowest BCUT2D eigenvalue weighted by molar-refractivity contribution is -0.137. The van der Waals surface area contributed by atoms with Gasteiger partial charge >= 0.3 is 5.97 Å². The quantitative estimate of drug-likeness (QED) is 0.631. The molecule has 0 amide bonds. The number of hydrogen-bond donors (Lipinski definition) is 1. The van der Waals surface area contributed by atoms with Crippen LogP contribution in [0.2, 0.25) is 0 Å². The molecule has 1 heterocycles. The Morgan fingerprint density at radius 3 is 2.64 bits per heavy atom. The van der Waals surface area contributed by atoms with Gasteiger partial charge in [-0.05, 0) is 6.92 Å². The van der Waals surface area contributed by atoms with Crippen LogP contribution in [0, 0.1) is 0 Å². The van der Waals surface area contributed by atoms with E-state index in [1.54, 1.807) is 11.1 Å². The van der Waals surface area contributed by atoms with Crippen LogP contribution in [0.25, 0.3) is 0 Å². The minimum Gasteiger partial charge on any atom is -0.480 e. The van der Waals surface area contributed by atoms with Crippen molar-refractivity contribution in [2.45, 2.75) is 6.92 Å². The van der Waals surface area contributed by atoms with E-state index in [1.165, 1.54) is 0 Å². The molecule has 0 saturated heterocycles. The molecule has 11 heavy (non-hydrogen) atoms. The van der Waals surface area contributed by atoms with Gasteiger partial charge in [-0.3, -0.25) is 4.79 Å². The number of carbonyl (C=O) groups is 1. The van der Waals surface area contributed by atoms with E-state index in [9.17, 15) is 4.79 Å². The number of rotatable bonds is 3. The summed E-state index contributed by atoms with van der Waals surface area (Å²) in [7, 11) is 0. The number of carboxylic acids is 1. The summed E-state index contributed by atoms with van der Waals surface area (Å²) in [5.74, 6) is -0.785. The summed E-state index contributed by atoms with van der Waals surface area (Å²) in [5, 5.41) is 8.44. The molecule has 4 nitrogen and oxygen atoms in total. The molecule has 0 aliphatic carbocycles. The highest BCUT2D eigenvalue weighted by Gasteiger charge is 2.12. The van der Waals surface area contributed by atoms with Crippen molar-refractivity contribution in [3.63, 3.8) is 0 Å². The van der Waals surface area contributed by atoms with E-state index < -0.39 is 5.97 Å². The third-order valence-electron chi connectivity index (χ3n) is 1.60. The maximum Gasteiger partial charge on any atom is 0.323 e. The number of hydrogen-bond acceptors (Lipinski definition) is 3. The average molecular weight is 156 g/mol. The molecule has 0 bridgehead atoms. The third kappa shape index (κ3) is 2.14. The van der Waals surface area contributed by atoms with E-state index >= 15 is 0 Å². The second-order valence-corrected chi connectivity index (χ2v) is 2.49. The predicted molar refractivity (Wildman–Crippen MR) is 40.7 cm³/mol. The highest BCUT2D eigenvalue weighted by molar-refractivity contribution is 5.69. The Morgan fingerprint density at radius 1 is 1.55 bits per heavy atom. The fourth-order valence-corrected chi connectivity index (χ4v) is 0.998. The monoisotopic (exact) mass is 156 g/mol. The average Bonchev–Trinajstić information content (AvgIpc) is 2.34. The Morgan fingerprint density at radius 2 is 2.18 bits per heavy atom. The summed E-state index contributed by atoms with van der Waals surface area (Å²) < 4.78 is 0. The molecule has 0 fully saturated rings. The zero-order valence-electron chi connectivity index (χ0n) is 6.53. The minimum absolute atomic E-state index is 0.0903. The van der Waals surface area contributed by atoms with Crippen LogP contribution in [0.3, 0.4) is 0 Å². The summed E-state index contributed by atoms with van der Waals surface area (Å²) in [5.41, 5.74) is 0. The van der Waals surface area contributed by atoms with Crippen LogP contribution >= 0.6 is 0 Å². The highest BCUT2D eigenvalue weighted by Crippen LogP contribution is 2.04. The zero-order valence-corrected chi connectivity index (χ0v) is 6.53. The normalized spacial score (nSPS) is 16.1. The first-order chi connectivity index (χ1) is 5.22. The van der Waals surface area contributed by atoms with Gasteiger partial charge in [-0.2, -0.15) is 0 Å². The van der Waals surface area contributed by atoms with E-state index in [0.29, 0.717) is 6.67 Å². The van der Waals surface area contributed by atoms with Gasteiger partial charge in [0, 0.05) is 18.9 Å². The van der Waals surface area contributed by atoms with Gasteiger partial charge in [0.05, 0.1) is 6.67 Å². The standard InChI is InChI=1S/C7H12N2O2/c1-2-8-3-4-9(6-8)5-7(10)11/h3-4H,2,5-6H2,1H3,(H,10,11). The van der Waals surface area contributed by atoms with Crippen molar-refractivity contribution in [2.75, 3.05) is 19.8 Å². The van der Waals surface area contributed by atoms with Crippen molar-refractivity contribution >= 4 is 5.97 Å². The molecule has 0 aromatic rings. The lowest BCUT2D eigenvalue weighted by Gasteiger charge is -2.17. The number of carboxylic acid groups (broad SMARTS) is 1. The second kappa shape index (κ2) is 3.27. The molecule has 0 aromatic heterocycles. The molecule has 0 atom stereocenters. The number of aliphatic carboxylic acids is 1. The van der Waals surface area contributed by atoms with E-state index in [2.05, 4.69) is 0 Å².